The molecule has 0 saturated carbocycles. The van der Waals surface area contributed by atoms with Gasteiger partial charge in [-0.3, -0.25) is 9.59 Å². The van der Waals surface area contributed by atoms with Crippen molar-refractivity contribution in [3.8, 4) is 0 Å². The quantitative estimate of drug-likeness (QED) is 0.677. The molecule has 0 aromatic heterocycles. The molecule has 1 fully saturated rings. The van der Waals surface area contributed by atoms with Gasteiger partial charge in [-0.1, -0.05) is 23.7 Å². The van der Waals surface area contributed by atoms with Crippen LogP contribution in [0.3, 0.4) is 0 Å². The normalized spacial score (nSPS) is 15.0. The van der Waals surface area contributed by atoms with E-state index in [9.17, 15) is 22.4 Å². The number of benzene rings is 2. The van der Waals surface area contributed by atoms with Crippen molar-refractivity contribution in [2.45, 2.75) is 24.3 Å². The van der Waals surface area contributed by atoms with Crippen molar-refractivity contribution in [3.05, 3.63) is 64.9 Å². The van der Waals surface area contributed by atoms with Crippen LogP contribution in [0.15, 0.2) is 53.4 Å². The van der Waals surface area contributed by atoms with Crippen molar-refractivity contribution in [1.82, 2.24) is 14.5 Å². The third-order valence-corrected chi connectivity index (χ3v) is 7.18. The van der Waals surface area contributed by atoms with E-state index in [2.05, 4.69) is 5.32 Å². The van der Waals surface area contributed by atoms with Crippen molar-refractivity contribution in [2.24, 2.45) is 0 Å². The molecule has 0 atom stereocenters. The first-order chi connectivity index (χ1) is 14.8. The maximum Gasteiger partial charge on any atom is 0.243 e. The highest BCUT2D eigenvalue weighted by Crippen LogP contribution is 2.20. The molecular formula is C21H23ClFN3O4S. The largest absolute Gasteiger partial charge is 0.352 e. The highest BCUT2D eigenvalue weighted by Gasteiger charge is 2.30. The van der Waals surface area contributed by atoms with Crippen molar-refractivity contribution in [1.29, 1.82) is 0 Å². The minimum atomic E-state index is -3.64. The molecule has 166 valence electrons. The van der Waals surface area contributed by atoms with Crippen LogP contribution < -0.4 is 5.32 Å². The molecule has 0 aliphatic carbocycles. The third kappa shape index (κ3) is 6.25. The molecule has 0 bridgehead atoms. The Labute approximate surface area is 185 Å². The molecule has 0 radical (unpaired) electrons. The van der Waals surface area contributed by atoms with Gasteiger partial charge in [0.15, 0.2) is 0 Å². The first-order valence-electron chi connectivity index (χ1n) is 9.80. The highest BCUT2D eigenvalue weighted by molar-refractivity contribution is 7.89. The summed E-state index contributed by atoms with van der Waals surface area (Å²) >= 11 is 5.82. The van der Waals surface area contributed by atoms with Crippen LogP contribution in [0.5, 0.6) is 0 Å². The summed E-state index contributed by atoms with van der Waals surface area (Å²) < 4.78 is 39.6. The molecule has 1 aliphatic heterocycles. The van der Waals surface area contributed by atoms with Crippen LogP contribution in [0.1, 0.15) is 18.4 Å². The molecule has 31 heavy (non-hydrogen) atoms. The van der Waals surface area contributed by atoms with Crippen LogP contribution in [-0.2, 0) is 26.2 Å². The van der Waals surface area contributed by atoms with Gasteiger partial charge in [0.2, 0.25) is 21.8 Å². The number of piperazine rings is 1. The number of nitrogens with one attached hydrogen (secondary N) is 1. The minimum Gasteiger partial charge on any atom is -0.352 e. The molecular weight excluding hydrogens is 445 g/mol. The number of rotatable bonds is 7. The maximum absolute atomic E-state index is 12.9. The zero-order valence-corrected chi connectivity index (χ0v) is 18.3. The monoisotopic (exact) mass is 467 g/mol. The topological polar surface area (TPSA) is 86.8 Å². The molecule has 2 aromatic rings. The summed E-state index contributed by atoms with van der Waals surface area (Å²) in [5, 5.41) is 3.15. The van der Waals surface area contributed by atoms with E-state index in [0.29, 0.717) is 5.02 Å². The van der Waals surface area contributed by atoms with Crippen molar-refractivity contribution < 1.29 is 22.4 Å². The van der Waals surface area contributed by atoms with Gasteiger partial charge in [-0.15, -0.1) is 0 Å². The molecule has 2 amide bonds. The smallest absolute Gasteiger partial charge is 0.243 e. The van der Waals surface area contributed by atoms with Crippen LogP contribution >= 0.6 is 11.6 Å². The number of sulfonamides is 1. The fraction of sp³-hybridized carbons (Fsp3) is 0.333. The van der Waals surface area contributed by atoms with E-state index >= 15 is 0 Å². The van der Waals surface area contributed by atoms with Crippen LogP contribution in [0.2, 0.25) is 5.02 Å². The number of amides is 2. The minimum absolute atomic E-state index is 0.0311. The number of halogens is 2. The third-order valence-electron chi connectivity index (χ3n) is 5.01. The summed E-state index contributed by atoms with van der Waals surface area (Å²) in [7, 11) is -3.64. The molecule has 3 rings (SSSR count). The lowest BCUT2D eigenvalue weighted by molar-refractivity contribution is -0.134. The van der Waals surface area contributed by atoms with Crippen LogP contribution in [0.4, 0.5) is 4.39 Å². The zero-order chi connectivity index (χ0) is 22.4. The van der Waals surface area contributed by atoms with Crippen LogP contribution in [0.25, 0.3) is 0 Å². The Morgan fingerprint density at radius 1 is 0.935 bits per heavy atom. The van der Waals surface area contributed by atoms with E-state index in [1.807, 2.05) is 0 Å². The molecule has 0 unspecified atom stereocenters. The van der Waals surface area contributed by atoms with Crippen LogP contribution in [0, 0.1) is 5.82 Å². The average molecular weight is 468 g/mol. The Morgan fingerprint density at radius 2 is 1.55 bits per heavy atom. The van der Waals surface area contributed by atoms with E-state index in [0.717, 1.165) is 5.56 Å². The summed E-state index contributed by atoms with van der Waals surface area (Å²) in [5.41, 5.74) is 0.763. The summed E-state index contributed by atoms with van der Waals surface area (Å²) in [5.74, 6) is -0.816. The fourth-order valence-corrected chi connectivity index (χ4v) is 4.75. The van der Waals surface area contributed by atoms with Gasteiger partial charge in [-0.05, 0) is 42.0 Å². The first kappa shape index (κ1) is 23.2. The number of hydrogen-bond acceptors (Lipinski definition) is 4. The predicted octanol–water partition coefficient (Wildman–Crippen LogP) is 2.41. The highest BCUT2D eigenvalue weighted by atomic mass is 35.5. The Bertz CT molecular complexity index is 1020. The first-order valence-corrected chi connectivity index (χ1v) is 11.6. The van der Waals surface area contributed by atoms with Gasteiger partial charge in [-0.2, -0.15) is 4.31 Å². The van der Waals surface area contributed by atoms with Crippen molar-refractivity contribution >= 4 is 33.4 Å². The number of hydrogen-bond donors (Lipinski definition) is 1. The molecule has 1 heterocycles. The lowest BCUT2D eigenvalue weighted by Crippen LogP contribution is -2.50. The van der Waals surface area contributed by atoms with E-state index < -0.39 is 10.0 Å². The maximum atomic E-state index is 12.9. The number of carbonyl (C=O) groups excluding carboxylic acids is 2. The van der Waals surface area contributed by atoms with E-state index in [4.69, 9.17) is 11.6 Å². The molecule has 1 N–H and O–H groups in total. The Balaban J connectivity index is 1.43. The zero-order valence-electron chi connectivity index (χ0n) is 16.8. The SMILES string of the molecule is O=C(CCC(=O)N1CCN(S(=O)(=O)c2ccc(Cl)cc2)CC1)NCc1ccc(F)cc1. The second-order valence-electron chi connectivity index (χ2n) is 7.14. The van der Waals surface area contributed by atoms with Gasteiger partial charge in [0.05, 0.1) is 4.90 Å². The summed E-state index contributed by atoms with van der Waals surface area (Å²) in [6, 6.07) is 11.8. The van der Waals surface area contributed by atoms with E-state index in [-0.39, 0.29) is 68.1 Å². The lowest BCUT2D eigenvalue weighted by Gasteiger charge is -2.34. The second-order valence-corrected chi connectivity index (χ2v) is 9.52. The fourth-order valence-electron chi connectivity index (χ4n) is 3.20. The number of nitrogens with zero attached hydrogens (tertiary/aromatic N) is 2. The standard InChI is InChI=1S/C21H23ClFN3O4S/c22-17-3-7-19(8-4-17)31(29,30)26-13-11-25(12-14-26)21(28)10-9-20(27)24-15-16-1-5-18(23)6-2-16/h1-8H,9-15H2,(H,24,27). The molecule has 1 aliphatic rings. The van der Waals surface area contributed by atoms with Gasteiger partial charge in [0.1, 0.15) is 5.82 Å². The van der Waals surface area contributed by atoms with Gasteiger partial charge < -0.3 is 10.2 Å². The predicted molar refractivity (Wildman–Crippen MR) is 114 cm³/mol. The van der Waals surface area contributed by atoms with Gasteiger partial charge in [-0.25, -0.2) is 12.8 Å². The Kier molecular flexibility index (Phi) is 7.64. The molecule has 2 aromatic carbocycles. The van der Waals surface area contributed by atoms with E-state index in [1.165, 1.54) is 40.7 Å². The van der Waals surface area contributed by atoms with Gasteiger partial charge >= 0.3 is 0 Å². The lowest BCUT2D eigenvalue weighted by atomic mass is 10.2. The summed E-state index contributed by atoms with van der Waals surface area (Å²) in [6.45, 7) is 1.17. The van der Waals surface area contributed by atoms with Gasteiger partial charge in [0, 0.05) is 50.6 Å². The number of carbonyl (C=O) groups is 2. The van der Waals surface area contributed by atoms with Crippen molar-refractivity contribution in [3.63, 3.8) is 0 Å². The molecule has 10 heteroatoms. The molecule has 0 spiro atoms. The van der Waals surface area contributed by atoms with Crippen LogP contribution in [-0.4, -0.2) is 55.6 Å². The molecule has 1 saturated heterocycles. The summed E-state index contributed by atoms with van der Waals surface area (Å²) in [4.78, 5) is 26.1. The van der Waals surface area contributed by atoms with Gasteiger partial charge in [0.25, 0.3) is 0 Å². The van der Waals surface area contributed by atoms with E-state index in [1.54, 1.807) is 17.0 Å². The summed E-state index contributed by atoms with van der Waals surface area (Å²) in [6.07, 6.45) is 0.0719. The average Bonchev–Trinajstić information content (AvgIpc) is 2.77. The second kappa shape index (κ2) is 10.2. The Morgan fingerprint density at radius 3 is 2.16 bits per heavy atom. The van der Waals surface area contributed by atoms with Crippen molar-refractivity contribution in [2.75, 3.05) is 26.2 Å². The Hall–Kier alpha value is -2.49. The molecule has 7 nitrogen and oxygen atoms in total.